The summed E-state index contributed by atoms with van der Waals surface area (Å²) in [4.78, 5) is 0. The van der Waals surface area contributed by atoms with Gasteiger partial charge in [-0.05, 0) is 25.1 Å². The van der Waals surface area contributed by atoms with E-state index in [1.54, 1.807) is 24.3 Å². The average molecular weight is 265 g/mol. The van der Waals surface area contributed by atoms with Gasteiger partial charge in [0, 0.05) is 13.1 Å². The summed E-state index contributed by atoms with van der Waals surface area (Å²) in [5, 5.41) is 12.0. The van der Waals surface area contributed by atoms with E-state index in [1.165, 1.54) is 4.31 Å². The first-order valence-electron chi connectivity index (χ1n) is 5.77. The van der Waals surface area contributed by atoms with Crippen LogP contribution in [-0.4, -0.2) is 33.3 Å². The van der Waals surface area contributed by atoms with Gasteiger partial charge in [-0.2, -0.15) is 5.26 Å². The van der Waals surface area contributed by atoms with Crippen LogP contribution in [0.25, 0.3) is 0 Å². The lowest BCUT2D eigenvalue weighted by Gasteiger charge is -2.28. The van der Waals surface area contributed by atoms with Gasteiger partial charge in [-0.1, -0.05) is 6.07 Å². The molecule has 18 heavy (non-hydrogen) atoms. The van der Waals surface area contributed by atoms with E-state index < -0.39 is 10.0 Å². The molecule has 0 radical (unpaired) electrons. The minimum atomic E-state index is -3.33. The zero-order chi connectivity index (χ0) is 13.2. The Hall–Kier alpha value is -1.58. The molecule has 0 spiro atoms. The topological polar surface area (TPSA) is 73.2 Å². The Labute approximate surface area is 107 Å². The van der Waals surface area contributed by atoms with Crippen molar-refractivity contribution < 1.29 is 8.42 Å². The van der Waals surface area contributed by atoms with Crippen LogP contribution in [0.1, 0.15) is 12.5 Å². The first kappa shape index (κ1) is 12.9. The molecule has 0 saturated carbocycles. The van der Waals surface area contributed by atoms with Crippen LogP contribution in [0, 0.1) is 11.3 Å². The highest BCUT2D eigenvalue weighted by molar-refractivity contribution is 7.92. The smallest absolute Gasteiger partial charge is 0.236 e. The normalized spacial score (nSPS) is 23.1. The van der Waals surface area contributed by atoms with Gasteiger partial charge in [-0.3, -0.25) is 4.31 Å². The molecule has 2 rings (SSSR count). The van der Waals surface area contributed by atoms with E-state index >= 15 is 0 Å². The van der Waals surface area contributed by atoms with Crippen LogP contribution in [0.4, 0.5) is 5.69 Å². The standard InChI is InChI=1S/C12H15N3O2S/c1-10-9-14-5-6-18(16,17)15(10)12-4-2-3-11(7-12)8-13/h2-4,7,10,14H,5-6,9H2,1H3. The molecule has 0 bridgehead atoms. The molecule has 1 saturated heterocycles. The predicted molar refractivity (Wildman–Crippen MR) is 69.8 cm³/mol. The highest BCUT2D eigenvalue weighted by atomic mass is 32.2. The molecule has 1 aliphatic rings. The molecular weight excluding hydrogens is 250 g/mol. The zero-order valence-corrected chi connectivity index (χ0v) is 10.9. The number of nitriles is 1. The zero-order valence-electron chi connectivity index (χ0n) is 10.1. The van der Waals surface area contributed by atoms with Crippen LogP contribution in [0.3, 0.4) is 0 Å². The number of nitrogens with one attached hydrogen (secondary N) is 1. The largest absolute Gasteiger partial charge is 0.314 e. The third-order valence-electron chi connectivity index (χ3n) is 2.91. The monoisotopic (exact) mass is 265 g/mol. The van der Waals surface area contributed by atoms with E-state index in [4.69, 9.17) is 5.26 Å². The van der Waals surface area contributed by atoms with Crippen LogP contribution < -0.4 is 9.62 Å². The molecule has 96 valence electrons. The number of hydrogen-bond acceptors (Lipinski definition) is 4. The average Bonchev–Trinajstić information content (AvgIpc) is 2.47. The molecule has 0 aliphatic carbocycles. The molecular formula is C12H15N3O2S. The minimum Gasteiger partial charge on any atom is -0.314 e. The van der Waals surface area contributed by atoms with Gasteiger partial charge in [0.15, 0.2) is 0 Å². The van der Waals surface area contributed by atoms with Gasteiger partial charge in [0.25, 0.3) is 0 Å². The predicted octanol–water partition coefficient (Wildman–Crippen LogP) is 0.686. The van der Waals surface area contributed by atoms with Crippen molar-refractivity contribution in [1.29, 1.82) is 5.26 Å². The van der Waals surface area contributed by atoms with Crippen LogP contribution in [0.5, 0.6) is 0 Å². The van der Waals surface area contributed by atoms with Gasteiger partial charge in [0.2, 0.25) is 10.0 Å². The van der Waals surface area contributed by atoms with Gasteiger partial charge in [-0.25, -0.2) is 8.42 Å². The molecule has 1 fully saturated rings. The van der Waals surface area contributed by atoms with Crippen molar-refractivity contribution in [2.75, 3.05) is 23.1 Å². The molecule has 6 heteroatoms. The minimum absolute atomic E-state index is 0.0775. The molecule has 1 aromatic carbocycles. The van der Waals surface area contributed by atoms with Gasteiger partial charge < -0.3 is 5.32 Å². The fraction of sp³-hybridized carbons (Fsp3) is 0.417. The number of anilines is 1. The van der Waals surface area contributed by atoms with Gasteiger partial charge in [-0.15, -0.1) is 0 Å². The lowest BCUT2D eigenvalue weighted by Crippen LogP contribution is -2.41. The maximum absolute atomic E-state index is 12.2. The fourth-order valence-corrected chi connectivity index (χ4v) is 3.75. The molecule has 1 heterocycles. The molecule has 5 nitrogen and oxygen atoms in total. The number of rotatable bonds is 1. The van der Waals surface area contributed by atoms with E-state index in [0.29, 0.717) is 24.3 Å². The van der Waals surface area contributed by atoms with E-state index in [-0.39, 0.29) is 11.8 Å². The Morgan fingerprint density at radius 2 is 2.28 bits per heavy atom. The molecule has 1 aromatic rings. The second-order valence-corrected chi connectivity index (χ2v) is 6.29. The van der Waals surface area contributed by atoms with Crippen molar-refractivity contribution in [1.82, 2.24) is 5.32 Å². The van der Waals surface area contributed by atoms with Crippen molar-refractivity contribution in [2.24, 2.45) is 0 Å². The third kappa shape index (κ3) is 2.47. The fourth-order valence-electron chi connectivity index (χ4n) is 2.10. The van der Waals surface area contributed by atoms with Crippen molar-refractivity contribution in [3.05, 3.63) is 29.8 Å². The number of nitrogens with zero attached hydrogens (tertiary/aromatic N) is 2. The second-order valence-electron chi connectivity index (χ2n) is 4.33. The van der Waals surface area contributed by atoms with Crippen molar-refractivity contribution in [3.63, 3.8) is 0 Å². The Kier molecular flexibility index (Phi) is 3.55. The molecule has 1 atom stereocenters. The summed E-state index contributed by atoms with van der Waals surface area (Å²) in [6, 6.07) is 8.57. The quantitative estimate of drug-likeness (QED) is 0.810. The highest BCUT2D eigenvalue weighted by Gasteiger charge is 2.29. The van der Waals surface area contributed by atoms with E-state index in [2.05, 4.69) is 5.32 Å². The summed E-state index contributed by atoms with van der Waals surface area (Å²) in [7, 11) is -3.33. The van der Waals surface area contributed by atoms with E-state index in [0.717, 1.165) is 0 Å². The van der Waals surface area contributed by atoms with Gasteiger partial charge in [0.05, 0.1) is 29.1 Å². The van der Waals surface area contributed by atoms with E-state index in [1.807, 2.05) is 13.0 Å². The molecule has 1 N–H and O–H groups in total. The molecule has 1 aliphatic heterocycles. The number of benzene rings is 1. The maximum atomic E-state index is 12.2. The molecule has 1 unspecified atom stereocenters. The summed E-state index contributed by atoms with van der Waals surface area (Å²) in [6.45, 7) is 2.92. The SMILES string of the molecule is CC1CNCCS(=O)(=O)N1c1cccc(C#N)c1. The number of sulfonamides is 1. The molecule has 0 aromatic heterocycles. The highest BCUT2D eigenvalue weighted by Crippen LogP contribution is 2.23. The first-order chi connectivity index (χ1) is 8.54. The van der Waals surface area contributed by atoms with Crippen molar-refractivity contribution >= 4 is 15.7 Å². The van der Waals surface area contributed by atoms with E-state index in [9.17, 15) is 8.42 Å². The Balaban J connectivity index is 2.47. The van der Waals surface area contributed by atoms with Crippen LogP contribution in [-0.2, 0) is 10.0 Å². The first-order valence-corrected chi connectivity index (χ1v) is 7.38. The Bertz CT molecular complexity index is 577. The molecule has 0 amide bonds. The lowest BCUT2D eigenvalue weighted by atomic mass is 10.2. The summed E-state index contributed by atoms with van der Waals surface area (Å²) >= 11 is 0. The summed E-state index contributed by atoms with van der Waals surface area (Å²) in [6.07, 6.45) is 0. The Morgan fingerprint density at radius 3 is 3.00 bits per heavy atom. The summed E-state index contributed by atoms with van der Waals surface area (Å²) in [5.41, 5.74) is 1.03. The number of hydrogen-bond donors (Lipinski definition) is 1. The van der Waals surface area contributed by atoms with Gasteiger partial charge >= 0.3 is 0 Å². The second kappa shape index (κ2) is 4.96. The van der Waals surface area contributed by atoms with Crippen molar-refractivity contribution in [3.8, 4) is 6.07 Å². The van der Waals surface area contributed by atoms with Crippen LogP contribution in [0.15, 0.2) is 24.3 Å². The maximum Gasteiger partial charge on any atom is 0.236 e. The summed E-state index contributed by atoms with van der Waals surface area (Å²) in [5.74, 6) is 0.0775. The van der Waals surface area contributed by atoms with Crippen LogP contribution in [0.2, 0.25) is 0 Å². The summed E-state index contributed by atoms with van der Waals surface area (Å²) < 4.78 is 25.8. The lowest BCUT2D eigenvalue weighted by molar-refractivity contribution is 0.586. The van der Waals surface area contributed by atoms with Crippen molar-refractivity contribution in [2.45, 2.75) is 13.0 Å². The van der Waals surface area contributed by atoms with Gasteiger partial charge in [0.1, 0.15) is 0 Å². The Morgan fingerprint density at radius 1 is 1.50 bits per heavy atom. The third-order valence-corrected chi connectivity index (χ3v) is 4.80. The van der Waals surface area contributed by atoms with Crippen LogP contribution >= 0.6 is 0 Å².